The number of amides is 1. The van der Waals surface area contributed by atoms with Crippen molar-refractivity contribution in [3.05, 3.63) is 35.0 Å². The van der Waals surface area contributed by atoms with E-state index in [1.165, 1.54) is 6.92 Å². The molecule has 1 atom stereocenters. The van der Waals surface area contributed by atoms with Crippen LogP contribution in [-0.2, 0) is 6.18 Å². The van der Waals surface area contributed by atoms with Crippen LogP contribution < -0.4 is 10.1 Å². The van der Waals surface area contributed by atoms with Gasteiger partial charge in [-0.1, -0.05) is 0 Å². The van der Waals surface area contributed by atoms with E-state index in [0.717, 1.165) is 6.07 Å². The maximum atomic E-state index is 13.3. The highest BCUT2D eigenvalue weighted by molar-refractivity contribution is 6.06. The minimum absolute atomic E-state index is 0.156. The lowest BCUT2D eigenvalue weighted by Crippen LogP contribution is -2.32. The zero-order valence-electron chi connectivity index (χ0n) is 13.6. The number of H-pyrrole nitrogens is 1. The number of nitrogens with zero attached hydrogens (tertiary/aromatic N) is 2. The molecule has 0 bridgehead atoms. The lowest BCUT2D eigenvalue weighted by molar-refractivity contribution is -0.190. The maximum absolute atomic E-state index is 13.3. The molecule has 0 aliphatic rings. The number of hydrogen-bond donors (Lipinski definition) is 2. The number of carbonyl (C=O) groups excluding carboxylic acids is 1. The van der Waals surface area contributed by atoms with Gasteiger partial charge < -0.3 is 10.1 Å². The fourth-order valence-electron chi connectivity index (χ4n) is 1.88. The number of aromatic nitrogens is 3. The average molecular weight is 400 g/mol. The van der Waals surface area contributed by atoms with E-state index in [2.05, 4.69) is 14.8 Å². The summed E-state index contributed by atoms with van der Waals surface area (Å²) in [7, 11) is 0. The summed E-state index contributed by atoms with van der Waals surface area (Å²) in [6.45, 7) is 1.78. The summed E-state index contributed by atoms with van der Waals surface area (Å²) in [5.41, 5.74) is -3.01. The first-order valence-corrected chi connectivity index (χ1v) is 7.14. The molecule has 2 aromatic rings. The minimum atomic E-state index is -4.90. The molecule has 2 aromatic heterocycles. The lowest BCUT2D eigenvalue weighted by atomic mass is 10.2. The molecule has 1 unspecified atom stereocenters. The highest BCUT2D eigenvalue weighted by Crippen LogP contribution is 2.35. The van der Waals surface area contributed by atoms with E-state index in [4.69, 9.17) is 0 Å². The van der Waals surface area contributed by atoms with Gasteiger partial charge >= 0.3 is 12.4 Å². The van der Waals surface area contributed by atoms with Crippen LogP contribution in [-0.4, -0.2) is 33.4 Å². The number of ether oxygens (including phenoxy) is 1. The average Bonchev–Trinajstić information content (AvgIpc) is 2.87. The number of nitrogens with one attached hydrogen (secondary N) is 2. The molecule has 0 saturated carbocycles. The van der Waals surface area contributed by atoms with E-state index < -0.39 is 53.1 Å². The summed E-state index contributed by atoms with van der Waals surface area (Å²) in [5.74, 6) is -3.56. The number of carbonyl (C=O) groups is 1. The van der Waals surface area contributed by atoms with Crippen molar-refractivity contribution in [3.8, 4) is 5.88 Å². The molecule has 27 heavy (non-hydrogen) atoms. The predicted molar refractivity (Wildman–Crippen MR) is 76.6 cm³/mol. The number of alkyl halides is 6. The van der Waals surface area contributed by atoms with Crippen LogP contribution in [0.5, 0.6) is 5.88 Å². The third-order valence-electron chi connectivity index (χ3n) is 3.27. The predicted octanol–water partition coefficient (Wildman–Crippen LogP) is 3.85. The number of aryl methyl sites for hydroxylation is 1. The molecule has 0 fully saturated rings. The Hall–Kier alpha value is -2.86. The normalized spacial score (nSPS) is 13.4. The Morgan fingerprint density at radius 3 is 2.41 bits per heavy atom. The van der Waals surface area contributed by atoms with Crippen LogP contribution in [0.1, 0.15) is 28.7 Å². The van der Waals surface area contributed by atoms with Crippen molar-refractivity contribution < 1.29 is 40.3 Å². The number of halogens is 7. The Kier molecular flexibility index (Phi) is 5.33. The summed E-state index contributed by atoms with van der Waals surface area (Å²) in [6.07, 6.45) is -12.2. The molecule has 13 heteroatoms. The van der Waals surface area contributed by atoms with Crippen molar-refractivity contribution in [2.24, 2.45) is 0 Å². The van der Waals surface area contributed by atoms with Crippen LogP contribution in [0.3, 0.4) is 0 Å². The second-order valence-corrected chi connectivity index (χ2v) is 5.31. The molecule has 0 saturated heterocycles. The summed E-state index contributed by atoms with van der Waals surface area (Å²) in [6, 6.07) is 1.38. The van der Waals surface area contributed by atoms with Gasteiger partial charge in [0.25, 0.3) is 5.91 Å². The lowest BCUT2D eigenvalue weighted by Gasteiger charge is -2.18. The first-order chi connectivity index (χ1) is 12.3. The highest BCUT2D eigenvalue weighted by atomic mass is 19.4. The van der Waals surface area contributed by atoms with Crippen molar-refractivity contribution in [2.45, 2.75) is 32.3 Å². The molecule has 2 rings (SSSR count). The van der Waals surface area contributed by atoms with Gasteiger partial charge in [0.1, 0.15) is 5.56 Å². The fraction of sp³-hybridized carbons (Fsp3) is 0.357. The number of hydrogen-bond acceptors (Lipinski definition) is 4. The van der Waals surface area contributed by atoms with Crippen LogP contribution in [0.15, 0.2) is 12.1 Å². The molecule has 6 nitrogen and oxygen atoms in total. The SMILES string of the molecule is Cc1[nH]nc(C(F)(F)F)c1NC(=O)c1ccc(F)nc1OC(C)C(F)(F)F. The molecule has 0 aromatic carbocycles. The minimum Gasteiger partial charge on any atom is -0.464 e. The molecule has 1 amide bonds. The second kappa shape index (κ2) is 7.04. The number of rotatable bonds is 4. The Bertz CT molecular complexity index is 845. The summed E-state index contributed by atoms with van der Waals surface area (Å²) in [5, 5.41) is 6.94. The van der Waals surface area contributed by atoms with Crippen LogP contribution in [0, 0.1) is 12.9 Å². The van der Waals surface area contributed by atoms with E-state index >= 15 is 0 Å². The summed E-state index contributed by atoms with van der Waals surface area (Å²) in [4.78, 5) is 15.3. The highest BCUT2D eigenvalue weighted by Gasteiger charge is 2.40. The van der Waals surface area contributed by atoms with Gasteiger partial charge in [-0.15, -0.1) is 0 Å². The van der Waals surface area contributed by atoms with Crippen LogP contribution in [0.25, 0.3) is 0 Å². The standard InChI is InChI=1S/C14H11F7N4O2/c1-5-9(10(25-24-5)14(19,20)21)23-11(26)7-3-4-8(15)22-12(7)27-6(2)13(16,17)18/h3-4,6H,1-2H3,(H,23,26)(H,24,25). The van der Waals surface area contributed by atoms with Gasteiger partial charge in [0.05, 0.1) is 11.4 Å². The molecule has 2 heterocycles. The van der Waals surface area contributed by atoms with E-state index in [1.54, 1.807) is 0 Å². The zero-order chi connectivity index (χ0) is 20.6. The Morgan fingerprint density at radius 2 is 1.85 bits per heavy atom. The summed E-state index contributed by atoms with van der Waals surface area (Å²) >= 11 is 0. The van der Waals surface area contributed by atoms with E-state index in [1.807, 2.05) is 10.4 Å². The molecule has 148 valence electrons. The molecular weight excluding hydrogens is 389 g/mol. The Balaban J connectivity index is 2.37. The maximum Gasteiger partial charge on any atom is 0.437 e. The molecule has 0 aliphatic carbocycles. The monoisotopic (exact) mass is 400 g/mol. The van der Waals surface area contributed by atoms with Crippen molar-refractivity contribution in [2.75, 3.05) is 5.32 Å². The molecule has 2 N–H and O–H groups in total. The van der Waals surface area contributed by atoms with E-state index in [9.17, 15) is 35.5 Å². The van der Waals surface area contributed by atoms with Crippen molar-refractivity contribution in [3.63, 3.8) is 0 Å². The Labute approximate surface area is 146 Å². The summed E-state index contributed by atoms with van der Waals surface area (Å²) < 4.78 is 94.3. The van der Waals surface area contributed by atoms with Gasteiger partial charge in [-0.25, -0.2) is 0 Å². The van der Waals surface area contributed by atoms with Gasteiger partial charge in [-0.2, -0.15) is 40.8 Å². The quantitative estimate of drug-likeness (QED) is 0.604. The smallest absolute Gasteiger partial charge is 0.437 e. The van der Waals surface area contributed by atoms with Gasteiger partial charge in [0, 0.05) is 0 Å². The van der Waals surface area contributed by atoms with E-state index in [-0.39, 0.29) is 5.69 Å². The number of pyridine rings is 1. The van der Waals surface area contributed by atoms with Gasteiger partial charge in [0.15, 0.2) is 11.8 Å². The number of anilines is 1. The molecular formula is C14H11F7N4O2. The zero-order valence-corrected chi connectivity index (χ0v) is 13.6. The third-order valence-corrected chi connectivity index (χ3v) is 3.27. The van der Waals surface area contributed by atoms with Gasteiger partial charge in [0.2, 0.25) is 11.8 Å². The second-order valence-electron chi connectivity index (χ2n) is 5.31. The van der Waals surface area contributed by atoms with Crippen LogP contribution in [0.2, 0.25) is 0 Å². The third kappa shape index (κ3) is 4.65. The first-order valence-electron chi connectivity index (χ1n) is 7.14. The topological polar surface area (TPSA) is 79.9 Å². The van der Waals surface area contributed by atoms with Crippen molar-refractivity contribution in [1.29, 1.82) is 0 Å². The molecule has 0 aliphatic heterocycles. The van der Waals surface area contributed by atoms with Crippen LogP contribution >= 0.6 is 0 Å². The largest absolute Gasteiger partial charge is 0.464 e. The van der Waals surface area contributed by atoms with E-state index in [0.29, 0.717) is 13.0 Å². The Morgan fingerprint density at radius 1 is 1.22 bits per heavy atom. The first kappa shape index (κ1) is 20.5. The van der Waals surface area contributed by atoms with Gasteiger partial charge in [-0.3, -0.25) is 9.89 Å². The van der Waals surface area contributed by atoms with Crippen molar-refractivity contribution >= 4 is 11.6 Å². The van der Waals surface area contributed by atoms with Crippen molar-refractivity contribution in [1.82, 2.24) is 15.2 Å². The molecule has 0 spiro atoms. The van der Waals surface area contributed by atoms with Crippen LogP contribution in [0.4, 0.5) is 36.4 Å². The fourth-order valence-corrected chi connectivity index (χ4v) is 1.88. The van der Waals surface area contributed by atoms with Gasteiger partial charge in [-0.05, 0) is 26.0 Å². The molecule has 0 radical (unpaired) electrons. The number of aromatic amines is 1.